The summed E-state index contributed by atoms with van der Waals surface area (Å²) < 4.78 is 24.8. The maximum atomic E-state index is 11.7. The molecule has 0 saturated heterocycles. The molecule has 0 saturated carbocycles. The number of hydrogen-bond acceptors (Lipinski definition) is 3. The molecule has 0 aliphatic heterocycles. The molecule has 1 aromatic rings. The van der Waals surface area contributed by atoms with Crippen molar-refractivity contribution in [1.82, 2.24) is 14.8 Å². The number of rotatable bonds is 3. The summed E-state index contributed by atoms with van der Waals surface area (Å²) in [7, 11) is 1.54. The van der Waals surface area contributed by atoms with E-state index in [1.165, 1.54) is 11.0 Å². The summed E-state index contributed by atoms with van der Waals surface area (Å²) >= 11 is 0. The molecular formula is C6H7F2N3O. The summed E-state index contributed by atoms with van der Waals surface area (Å²) in [6.45, 7) is 0. The summed E-state index contributed by atoms with van der Waals surface area (Å²) in [5.74, 6) is -0.883. The van der Waals surface area contributed by atoms with E-state index < -0.39 is 12.2 Å². The molecule has 4 nitrogen and oxygen atoms in total. The predicted octanol–water partition coefficient (Wildman–Crippen LogP) is 0.192. The quantitative estimate of drug-likeness (QED) is 0.658. The van der Waals surface area contributed by atoms with Crippen LogP contribution in [0.3, 0.4) is 0 Å². The molecule has 0 fully saturated rings. The molecule has 0 radical (unpaired) electrons. The molecule has 0 aromatic carbocycles. The summed E-state index contributed by atoms with van der Waals surface area (Å²) in [5, 5.41) is 3.64. The number of carbonyl (C=O) groups is 1. The minimum Gasteiger partial charge on any atom is -0.293 e. The molecule has 0 N–H and O–H groups in total. The Labute approximate surface area is 67.2 Å². The number of hydrogen-bond donors (Lipinski definition) is 0. The maximum absolute atomic E-state index is 11.7. The van der Waals surface area contributed by atoms with E-state index in [0.717, 1.165) is 0 Å². The third-order valence-electron chi connectivity index (χ3n) is 1.38. The number of nitrogens with zero attached hydrogens (tertiary/aromatic N) is 3. The van der Waals surface area contributed by atoms with E-state index in [9.17, 15) is 13.6 Å². The average Bonchev–Trinajstić information content (AvgIpc) is 2.36. The number of aryl methyl sites for hydroxylation is 1. The highest BCUT2D eigenvalue weighted by molar-refractivity contribution is 5.83. The number of alkyl halides is 2. The molecule has 1 rings (SSSR count). The van der Waals surface area contributed by atoms with Crippen LogP contribution in [0.2, 0.25) is 0 Å². The van der Waals surface area contributed by atoms with Crippen molar-refractivity contribution in [3.8, 4) is 0 Å². The normalized spacial score (nSPS) is 10.7. The number of aromatic nitrogens is 3. The van der Waals surface area contributed by atoms with Crippen molar-refractivity contribution in [2.75, 3.05) is 0 Å². The second-order valence-electron chi connectivity index (χ2n) is 2.24. The molecule has 1 heterocycles. The Morgan fingerprint density at radius 1 is 1.75 bits per heavy atom. The summed E-state index contributed by atoms with van der Waals surface area (Å²) in [6.07, 6.45) is -2.08. The van der Waals surface area contributed by atoms with Crippen LogP contribution in [0.1, 0.15) is 5.82 Å². The van der Waals surface area contributed by atoms with E-state index >= 15 is 0 Å². The van der Waals surface area contributed by atoms with Gasteiger partial charge in [-0.05, 0) is 0 Å². The van der Waals surface area contributed by atoms with Gasteiger partial charge in [-0.1, -0.05) is 0 Å². The lowest BCUT2D eigenvalue weighted by Crippen LogP contribution is -2.15. The highest BCUT2D eigenvalue weighted by Crippen LogP contribution is 2.00. The van der Waals surface area contributed by atoms with Crippen LogP contribution in [0.25, 0.3) is 0 Å². The van der Waals surface area contributed by atoms with Gasteiger partial charge in [0.05, 0.1) is 6.42 Å². The molecule has 0 bridgehead atoms. The molecule has 0 amide bonds. The smallest absolute Gasteiger partial charge is 0.293 e. The highest BCUT2D eigenvalue weighted by atomic mass is 19.3. The fourth-order valence-corrected chi connectivity index (χ4v) is 0.713. The SMILES string of the molecule is Cn1ncnc1CC(=O)C(F)F. The Hall–Kier alpha value is -1.33. The Bertz CT molecular complexity index is 284. The Kier molecular flexibility index (Phi) is 2.47. The molecule has 6 heteroatoms. The number of halogens is 2. The second-order valence-corrected chi connectivity index (χ2v) is 2.24. The molecule has 0 atom stereocenters. The average molecular weight is 175 g/mol. The molecule has 0 unspecified atom stereocenters. The first-order valence-corrected chi connectivity index (χ1v) is 3.25. The summed E-state index contributed by atoms with van der Waals surface area (Å²) in [4.78, 5) is 14.2. The van der Waals surface area contributed by atoms with Gasteiger partial charge in [0.2, 0.25) is 5.78 Å². The first kappa shape index (κ1) is 8.76. The standard InChI is InChI=1S/C6H7F2N3O/c1-11-5(9-3-10-11)2-4(12)6(7)8/h3,6H,2H2,1H3. The Morgan fingerprint density at radius 2 is 2.42 bits per heavy atom. The van der Waals surface area contributed by atoms with E-state index in [1.54, 1.807) is 7.05 Å². The van der Waals surface area contributed by atoms with E-state index in [4.69, 9.17) is 0 Å². The lowest BCUT2D eigenvalue weighted by molar-refractivity contribution is -0.128. The van der Waals surface area contributed by atoms with Crippen LogP contribution in [0.15, 0.2) is 6.33 Å². The first-order valence-electron chi connectivity index (χ1n) is 3.25. The van der Waals surface area contributed by atoms with Gasteiger partial charge in [0, 0.05) is 7.05 Å². The Morgan fingerprint density at radius 3 is 2.83 bits per heavy atom. The van der Waals surface area contributed by atoms with Crippen LogP contribution < -0.4 is 0 Å². The minimum atomic E-state index is -2.93. The largest absolute Gasteiger partial charge is 0.296 e. The summed E-state index contributed by atoms with van der Waals surface area (Å²) in [6, 6.07) is 0. The predicted molar refractivity (Wildman–Crippen MR) is 35.7 cm³/mol. The van der Waals surface area contributed by atoms with Gasteiger partial charge in [0.1, 0.15) is 12.2 Å². The molecule has 66 valence electrons. The van der Waals surface area contributed by atoms with Crippen molar-refractivity contribution in [3.05, 3.63) is 12.2 Å². The van der Waals surface area contributed by atoms with E-state index in [-0.39, 0.29) is 12.2 Å². The van der Waals surface area contributed by atoms with Gasteiger partial charge in [-0.25, -0.2) is 13.8 Å². The third kappa shape index (κ3) is 1.84. The van der Waals surface area contributed by atoms with Gasteiger partial charge < -0.3 is 0 Å². The van der Waals surface area contributed by atoms with Gasteiger partial charge >= 0.3 is 0 Å². The number of carbonyl (C=O) groups excluding carboxylic acids is 1. The van der Waals surface area contributed by atoms with E-state index in [2.05, 4.69) is 10.1 Å². The molecule has 0 spiro atoms. The monoisotopic (exact) mass is 175 g/mol. The molecule has 0 aliphatic carbocycles. The molecular weight excluding hydrogens is 168 g/mol. The fraction of sp³-hybridized carbons (Fsp3) is 0.500. The molecule has 0 aliphatic rings. The van der Waals surface area contributed by atoms with Crippen LogP contribution >= 0.6 is 0 Å². The first-order chi connectivity index (χ1) is 5.61. The van der Waals surface area contributed by atoms with Crippen molar-refractivity contribution in [3.63, 3.8) is 0 Å². The van der Waals surface area contributed by atoms with Crippen LogP contribution in [0.5, 0.6) is 0 Å². The maximum Gasteiger partial charge on any atom is 0.296 e. The molecule has 1 aromatic heterocycles. The van der Waals surface area contributed by atoms with E-state index in [1.807, 2.05) is 0 Å². The fourth-order valence-electron chi connectivity index (χ4n) is 0.713. The lowest BCUT2D eigenvalue weighted by atomic mass is 10.3. The molecule has 12 heavy (non-hydrogen) atoms. The minimum absolute atomic E-state index is 0.250. The van der Waals surface area contributed by atoms with Crippen LogP contribution in [0, 0.1) is 0 Å². The Balaban J connectivity index is 2.64. The second kappa shape index (κ2) is 3.38. The topological polar surface area (TPSA) is 47.8 Å². The zero-order valence-corrected chi connectivity index (χ0v) is 6.37. The highest BCUT2D eigenvalue weighted by Gasteiger charge is 2.17. The zero-order valence-electron chi connectivity index (χ0n) is 6.37. The lowest BCUT2D eigenvalue weighted by Gasteiger charge is -1.97. The van der Waals surface area contributed by atoms with Crippen molar-refractivity contribution in [2.45, 2.75) is 12.8 Å². The van der Waals surface area contributed by atoms with Gasteiger partial charge in [-0.3, -0.25) is 9.48 Å². The number of ketones is 1. The van der Waals surface area contributed by atoms with Crippen molar-refractivity contribution < 1.29 is 13.6 Å². The van der Waals surface area contributed by atoms with Crippen LogP contribution in [0.4, 0.5) is 8.78 Å². The van der Waals surface area contributed by atoms with Gasteiger partial charge in [0.15, 0.2) is 0 Å². The zero-order chi connectivity index (χ0) is 9.14. The van der Waals surface area contributed by atoms with Crippen LogP contribution in [-0.4, -0.2) is 27.0 Å². The van der Waals surface area contributed by atoms with Crippen molar-refractivity contribution >= 4 is 5.78 Å². The van der Waals surface area contributed by atoms with Gasteiger partial charge in [-0.15, -0.1) is 0 Å². The van der Waals surface area contributed by atoms with Crippen molar-refractivity contribution in [2.24, 2.45) is 7.05 Å². The van der Waals surface area contributed by atoms with Crippen LogP contribution in [-0.2, 0) is 18.3 Å². The number of Topliss-reactive ketones (excluding diaryl/α,β-unsaturated/α-hetero) is 1. The summed E-state index contributed by atoms with van der Waals surface area (Å²) in [5.41, 5.74) is 0. The van der Waals surface area contributed by atoms with Gasteiger partial charge in [-0.2, -0.15) is 5.10 Å². The van der Waals surface area contributed by atoms with Gasteiger partial charge in [0.25, 0.3) is 6.43 Å². The van der Waals surface area contributed by atoms with Crippen molar-refractivity contribution in [1.29, 1.82) is 0 Å². The van der Waals surface area contributed by atoms with E-state index in [0.29, 0.717) is 0 Å². The third-order valence-corrected chi connectivity index (χ3v) is 1.38.